The van der Waals surface area contributed by atoms with Crippen LogP contribution in [0.15, 0.2) is 36.8 Å². The summed E-state index contributed by atoms with van der Waals surface area (Å²) in [5.74, 6) is 1.51. The smallest absolute Gasteiger partial charge is 0.156 e. The van der Waals surface area contributed by atoms with Gasteiger partial charge in [-0.1, -0.05) is 0 Å². The average molecular weight is 280 g/mol. The van der Waals surface area contributed by atoms with Crippen LogP contribution in [0, 0.1) is 13.8 Å². The van der Waals surface area contributed by atoms with Gasteiger partial charge in [-0.25, -0.2) is 4.98 Å². The Hall–Kier alpha value is -2.69. The predicted molar refractivity (Wildman–Crippen MR) is 81.1 cm³/mol. The molecule has 0 bridgehead atoms. The molecular formula is C16H16N4O. The van der Waals surface area contributed by atoms with Crippen LogP contribution in [0.4, 0.5) is 0 Å². The Morgan fingerprint density at radius 1 is 1.10 bits per heavy atom. The number of H-pyrrole nitrogens is 1. The van der Waals surface area contributed by atoms with E-state index in [1.54, 1.807) is 25.7 Å². The average Bonchev–Trinajstić information content (AvgIpc) is 2.87. The summed E-state index contributed by atoms with van der Waals surface area (Å²) in [5, 5.41) is 0. The van der Waals surface area contributed by atoms with Gasteiger partial charge in [0.1, 0.15) is 11.4 Å². The highest BCUT2D eigenvalue weighted by Crippen LogP contribution is 2.25. The summed E-state index contributed by atoms with van der Waals surface area (Å²) in [6.45, 7) is 3.98. The zero-order valence-corrected chi connectivity index (χ0v) is 12.2. The lowest BCUT2D eigenvalue weighted by Gasteiger charge is -2.05. The lowest BCUT2D eigenvalue weighted by atomic mass is 10.1. The van der Waals surface area contributed by atoms with Crippen LogP contribution < -0.4 is 4.74 Å². The highest BCUT2D eigenvalue weighted by atomic mass is 16.5. The van der Waals surface area contributed by atoms with E-state index < -0.39 is 0 Å². The number of ether oxygens (including phenoxy) is 1. The van der Waals surface area contributed by atoms with Gasteiger partial charge in [-0.15, -0.1) is 0 Å². The molecule has 0 aromatic carbocycles. The van der Waals surface area contributed by atoms with Crippen LogP contribution in [-0.4, -0.2) is 27.0 Å². The third-order valence-electron chi connectivity index (χ3n) is 3.41. The standard InChI is InChI=1S/C16H16N4O/c1-10-11(2)20-16(19-10)15-7-12(4-5-18-15)13-6-14(21-3)9-17-8-13/h4-9H,1-3H3,(H,19,20). The number of aromatic nitrogens is 4. The van der Waals surface area contributed by atoms with E-state index >= 15 is 0 Å². The Morgan fingerprint density at radius 2 is 1.95 bits per heavy atom. The maximum absolute atomic E-state index is 5.21. The normalized spacial score (nSPS) is 10.6. The third kappa shape index (κ3) is 2.63. The molecule has 3 rings (SSSR count). The van der Waals surface area contributed by atoms with Gasteiger partial charge >= 0.3 is 0 Å². The Balaban J connectivity index is 2.03. The fraction of sp³-hybridized carbons (Fsp3) is 0.188. The number of hydrogen-bond acceptors (Lipinski definition) is 4. The van der Waals surface area contributed by atoms with E-state index in [0.717, 1.165) is 39.8 Å². The molecule has 0 saturated heterocycles. The number of nitrogens with one attached hydrogen (secondary N) is 1. The zero-order chi connectivity index (χ0) is 14.8. The van der Waals surface area contributed by atoms with Gasteiger partial charge < -0.3 is 9.72 Å². The molecule has 0 spiro atoms. The number of rotatable bonds is 3. The third-order valence-corrected chi connectivity index (χ3v) is 3.41. The quantitative estimate of drug-likeness (QED) is 0.800. The van der Waals surface area contributed by atoms with E-state index in [2.05, 4.69) is 19.9 Å². The van der Waals surface area contributed by atoms with Crippen molar-refractivity contribution in [1.82, 2.24) is 19.9 Å². The molecule has 0 fully saturated rings. The monoisotopic (exact) mass is 280 g/mol. The molecule has 0 saturated carbocycles. The van der Waals surface area contributed by atoms with Crippen LogP contribution in [0.5, 0.6) is 5.75 Å². The maximum atomic E-state index is 5.21. The highest BCUT2D eigenvalue weighted by Gasteiger charge is 2.08. The molecule has 0 amide bonds. The van der Waals surface area contributed by atoms with Gasteiger partial charge in [0.05, 0.1) is 19.0 Å². The first-order chi connectivity index (χ1) is 10.2. The van der Waals surface area contributed by atoms with Gasteiger partial charge in [-0.2, -0.15) is 0 Å². The molecule has 5 nitrogen and oxygen atoms in total. The molecule has 5 heteroatoms. The lowest BCUT2D eigenvalue weighted by Crippen LogP contribution is -1.89. The van der Waals surface area contributed by atoms with E-state index in [9.17, 15) is 0 Å². The number of methoxy groups -OCH3 is 1. The van der Waals surface area contributed by atoms with Gasteiger partial charge in [0.2, 0.25) is 0 Å². The molecule has 0 aliphatic carbocycles. The first-order valence-corrected chi connectivity index (χ1v) is 6.66. The Labute approximate surface area is 123 Å². The predicted octanol–water partition coefficient (Wildman–Crippen LogP) is 3.16. The molecule has 106 valence electrons. The Morgan fingerprint density at radius 3 is 2.67 bits per heavy atom. The minimum Gasteiger partial charge on any atom is -0.495 e. The highest BCUT2D eigenvalue weighted by molar-refractivity contribution is 5.68. The number of hydrogen-bond donors (Lipinski definition) is 1. The number of aryl methyl sites for hydroxylation is 2. The van der Waals surface area contributed by atoms with Crippen LogP contribution in [0.2, 0.25) is 0 Å². The van der Waals surface area contributed by atoms with E-state index in [4.69, 9.17) is 4.74 Å². The summed E-state index contributed by atoms with van der Waals surface area (Å²) in [6, 6.07) is 5.89. The minimum atomic E-state index is 0.732. The van der Waals surface area contributed by atoms with E-state index in [1.165, 1.54) is 0 Å². The summed E-state index contributed by atoms with van der Waals surface area (Å²) in [5.41, 5.74) is 4.86. The van der Waals surface area contributed by atoms with Gasteiger partial charge in [0.15, 0.2) is 5.82 Å². The SMILES string of the molecule is COc1cncc(-c2ccnc(-c3nc(C)c(C)[nH]3)c2)c1. The molecule has 0 unspecified atom stereocenters. The zero-order valence-electron chi connectivity index (χ0n) is 12.2. The van der Waals surface area contributed by atoms with Crippen LogP contribution >= 0.6 is 0 Å². The Kier molecular flexibility index (Phi) is 3.39. The van der Waals surface area contributed by atoms with Gasteiger partial charge in [0, 0.05) is 23.7 Å². The van der Waals surface area contributed by atoms with Crippen molar-refractivity contribution in [2.75, 3.05) is 7.11 Å². The number of imidazole rings is 1. The van der Waals surface area contributed by atoms with Crippen molar-refractivity contribution in [2.24, 2.45) is 0 Å². The van der Waals surface area contributed by atoms with Crippen molar-refractivity contribution in [3.8, 4) is 28.4 Å². The van der Waals surface area contributed by atoms with Crippen LogP contribution in [0.1, 0.15) is 11.4 Å². The molecule has 0 radical (unpaired) electrons. The lowest BCUT2D eigenvalue weighted by molar-refractivity contribution is 0.413. The van der Waals surface area contributed by atoms with Gasteiger partial charge in [-0.05, 0) is 37.6 Å². The summed E-state index contributed by atoms with van der Waals surface area (Å²) in [6.07, 6.45) is 5.27. The van der Waals surface area contributed by atoms with Crippen molar-refractivity contribution in [3.05, 3.63) is 48.2 Å². The van der Waals surface area contributed by atoms with E-state index in [-0.39, 0.29) is 0 Å². The number of nitrogens with zero attached hydrogens (tertiary/aromatic N) is 3. The minimum absolute atomic E-state index is 0.732. The Bertz CT molecular complexity index is 760. The van der Waals surface area contributed by atoms with E-state index in [1.807, 2.05) is 32.0 Å². The summed E-state index contributed by atoms with van der Waals surface area (Å²) in [7, 11) is 1.63. The van der Waals surface area contributed by atoms with Crippen molar-refractivity contribution in [3.63, 3.8) is 0 Å². The van der Waals surface area contributed by atoms with Crippen LogP contribution in [-0.2, 0) is 0 Å². The van der Waals surface area contributed by atoms with Gasteiger partial charge in [-0.3, -0.25) is 9.97 Å². The van der Waals surface area contributed by atoms with Gasteiger partial charge in [0.25, 0.3) is 0 Å². The van der Waals surface area contributed by atoms with Crippen molar-refractivity contribution < 1.29 is 4.74 Å². The van der Waals surface area contributed by atoms with Crippen LogP contribution in [0.25, 0.3) is 22.6 Å². The van der Waals surface area contributed by atoms with E-state index in [0.29, 0.717) is 0 Å². The summed E-state index contributed by atoms with van der Waals surface area (Å²) >= 11 is 0. The van der Waals surface area contributed by atoms with Crippen LogP contribution in [0.3, 0.4) is 0 Å². The summed E-state index contributed by atoms with van der Waals surface area (Å²) < 4.78 is 5.21. The molecular weight excluding hydrogens is 264 g/mol. The molecule has 3 aromatic heterocycles. The molecule has 3 aromatic rings. The molecule has 0 aliphatic heterocycles. The van der Waals surface area contributed by atoms with Crippen molar-refractivity contribution >= 4 is 0 Å². The fourth-order valence-corrected chi connectivity index (χ4v) is 2.10. The number of pyridine rings is 2. The molecule has 1 N–H and O–H groups in total. The summed E-state index contributed by atoms with van der Waals surface area (Å²) in [4.78, 5) is 16.3. The number of aromatic amines is 1. The fourth-order valence-electron chi connectivity index (χ4n) is 2.10. The molecule has 0 atom stereocenters. The molecule has 21 heavy (non-hydrogen) atoms. The second-order valence-corrected chi connectivity index (χ2v) is 4.84. The second kappa shape index (κ2) is 5.36. The topological polar surface area (TPSA) is 63.7 Å². The molecule has 3 heterocycles. The largest absolute Gasteiger partial charge is 0.495 e. The molecule has 0 aliphatic rings. The van der Waals surface area contributed by atoms with Crippen molar-refractivity contribution in [2.45, 2.75) is 13.8 Å². The second-order valence-electron chi connectivity index (χ2n) is 4.84. The first-order valence-electron chi connectivity index (χ1n) is 6.66. The maximum Gasteiger partial charge on any atom is 0.156 e. The van der Waals surface area contributed by atoms with Crippen molar-refractivity contribution in [1.29, 1.82) is 0 Å². The first kappa shape index (κ1) is 13.3.